The summed E-state index contributed by atoms with van der Waals surface area (Å²) in [6, 6.07) is 0. The Bertz CT molecular complexity index is 305. The van der Waals surface area contributed by atoms with Gasteiger partial charge in [0.05, 0.1) is 11.8 Å². The Labute approximate surface area is 91.4 Å². The van der Waals surface area contributed by atoms with Gasteiger partial charge >= 0.3 is 0 Å². The van der Waals surface area contributed by atoms with Crippen molar-refractivity contribution >= 4 is 23.5 Å². The lowest BCUT2D eigenvalue weighted by atomic mass is 10.3. The van der Waals surface area contributed by atoms with Crippen LogP contribution in [0.25, 0.3) is 0 Å². The number of rotatable bonds is 2. The first-order valence-corrected chi connectivity index (χ1v) is 6.66. The van der Waals surface area contributed by atoms with Crippen molar-refractivity contribution in [2.45, 2.75) is 24.0 Å². The number of nitrogens with two attached hydrogens (primary N) is 1. The Morgan fingerprint density at radius 3 is 2.93 bits per heavy atom. The second-order valence-corrected chi connectivity index (χ2v) is 5.85. The average molecular weight is 231 g/mol. The number of hydrogen-bond donors (Lipinski definition) is 1. The molecule has 14 heavy (non-hydrogen) atoms. The van der Waals surface area contributed by atoms with E-state index < -0.39 is 0 Å². The maximum Gasteiger partial charge on any atom is 0.240 e. The molecule has 1 saturated heterocycles. The standard InChI is InChI=1S/C8H13N3OS2/c1-5-7(14-3-2-13-5)8-10-6(4-9)12-11-8/h5,7H,2-4,9H2,1H3. The molecule has 78 valence electrons. The molecule has 2 unspecified atom stereocenters. The first kappa shape index (κ1) is 10.3. The predicted molar refractivity (Wildman–Crippen MR) is 59.3 cm³/mol. The van der Waals surface area contributed by atoms with Gasteiger partial charge in [0.25, 0.3) is 0 Å². The maximum atomic E-state index is 5.42. The highest BCUT2D eigenvalue weighted by Crippen LogP contribution is 2.40. The fourth-order valence-corrected chi connectivity index (χ4v) is 4.06. The van der Waals surface area contributed by atoms with Gasteiger partial charge in [-0.25, -0.2) is 0 Å². The normalized spacial score (nSPS) is 27.9. The van der Waals surface area contributed by atoms with Gasteiger partial charge in [-0.15, -0.1) is 11.8 Å². The number of aromatic nitrogens is 2. The van der Waals surface area contributed by atoms with Crippen molar-refractivity contribution < 1.29 is 4.52 Å². The van der Waals surface area contributed by atoms with Crippen LogP contribution in [-0.4, -0.2) is 26.9 Å². The number of thioether (sulfide) groups is 2. The Hall–Kier alpha value is -0.200. The van der Waals surface area contributed by atoms with Gasteiger partial charge in [-0.3, -0.25) is 0 Å². The highest BCUT2D eigenvalue weighted by molar-refractivity contribution is 8.06. The molecule has 6 heteroatoms. The van der Waals surface area contributed by atoms with Crippen LogP contribution in [0.1, 0.15) is 23.9 Å². The molecule has 1 aromatic heterocycles. The van der Waals surface area contributed by atoms with Crippen molar-refractivity contribution in [3.63, 3.8) is 0 Å². The molecule has 0 aliphatic carbocycles. The monoisotopic (exact) mass is 231 g/mol. The van der Waals surface area contributed by atoms with E-state index in [1.54, 1.807) is 0 Å². The Morgan fingerprint density at radius 2 is 2.29 bits per heavy atom. The van der Waals surface area contributed by atoms with Crippen LogP contribution in [0.4, 0.5) is 0 Å². The zero-order valence-electron chi connectivity index (χ0n) is 7.97. The zero-order valence-corrected chi connectivity index (χ0v) is 9.61. The van der Waals surface area contributed by atoms with Crippen LogP contribution in [0, 0.1) is 0 Å². The van der Waals surface area contributed by atoms with E-state index in [1.807, 2.05) is 23.5 Å². The minimum atomic E-state index is 0.325. The second kappa shape index (κ2) is 4.55. The summed E-state index contributed by atoms with van der Waals surface area (Å²) in [6.45, 7) is 2.53. The SMILES string of the molecule is CC1SCCSC1c1noc(CN)n1. The van der Waals surface area contributed by atoms with Crippen LogP contribution in [0.2, 0.25) is 0 Å². The van der Waals surface area contributed by atoms with Crippen LogP contribution < -0.4 is 5.73 Å². The van der Waals surface area contributed by atoms with Gasteiger partial charge in [-0.05, 0) is 0 Å². The molecule has 0 aromatic carbocycles. The predicted octanol–water partition coefficient (Wildman–Crippen LogP) is 1.44. The molecule has 2 atom stereocenters. The van der Waals surface area contributed by atoms with Crippen molar-refractivity contribution in [1.29, 1.82) is 0 Å². The highest BCUT2D eigenvalue weighted by atomic mass is 32.2. The van der Waals surface area contributed by atoms with Gasteiger partial charge in [-0.2, -0.15) is 16.7 Å². The Morgan fingerprint density at radius 1 is 1.50 bits per heavy atom. The Balaban J connectivity index is 2.12. The van der Waals surface area contributed by atoms with E-state index in [1.165, 1.54) is 5.75 Å². The fourth-order valence-electron chi connectivity index (χ4n) is 1.38. The molecule has 2 rings (SSSR count). The van der Waals surface area contributed by atoms with E-state index in [4.69, 9.17) is 10.3 Å². The quantitative estimate of drug-likeness (QED) is 0.831. The van der Waals surface area contributed by atoms with E-state index >= 15 is 0 Å². The summed E-state index contributed by atoms with van der Waals surface area (Å²) >= 11 is 3.87. The minimum absolute atomic E-state index is 0.325. The van der Waals surface area contributed by atoms with Gasteiger partial charge in [0.1, 0.15) is 0 Å². The lowest BCUT2D eigenvalue weighted by Crippen LogP contribution is -2.17. The van der Waals surface area contributed by atoms with E-state index in [0.29, 0.717) is 22.9 Å². The van der Waals surface area contributed by atoms with E-state index in [0.717, 1.165) is 11.6 Å². The molecule has 1 fully saturated rings. The third kappa shape index (κ3) is 2.07. The minimum Gasteiger partial charge on any atom is -0.338 e. The Kier molecular flexibility index (Phi) is 3.35. The molecular formula is C8H13N3OS2. The second-order valence-electron chi connectivity index (χ2n) is 3.12. The summed E-state index contributed by atoms with van der Waals surface area (Å²) in [5.41, 5.74) is 5.42. The van der Waals surface area contributed by atoms with E-state index in [2.05, 4.69) is 17.1 Å². The van der Waals surface area contributed by atoms with Crippen molar-refractivity contribution in [3.8, 4) is 0 Å². The summed E-state index contributed by atoms with van der Waals surface area (Å²) in [4.78, 5) is 4.27. The third-order valence-electron chi connectivity index (χ3n) is 2.10. The largest absolute Gasteiger partial charge is 0.338 e. The van der Waals surface area contributed by atoms with Crippen molar-refractivity contribution in [1.82, 2.24) is 10.1 Å². The molecule has 2 heterocycles. The van der Waals surface area contributed by atoms with Crippen molar-refractivity contribution in [2.24, 2.45) is 5.73 Å². The topological polar surface area (TPSA) is 64.9 Å². The van der Waals surface area contributed by atoms with Gasteiger partial charge in [0.2, 0.25) is 5.89 Å². The number of hydrogen-bond acceptors (Lipinski definition) is 6. The molecule has 0 bridgehead atoms. The molecule has 2 N–H and O–H groups in total. The van der Waals surface area contributed by atoms with E-state index in [-0.39, 0.29) is 0 Å². The molecule has 0 saturated carbocycles. The molecule has 0 amide bonds. The van der Waals surface area contributed by atoms with Crippen LogP contribution in [-0.2, 0) is 6.54 Å². The smallest absolute Gasteiger partial charge is 0.240 e. The fraction of sp³-hybridized carbons (Fsp3) is 0.750. The van der Waals surface area contributed by atoms with Gasteiger partial charge in [-0.1, -0.05) is 12.1 Å². The van der Waals surface area contributed by atoms with Gasteiger partial charge in [0.15, 0.2) is 5.82 Å². The third-order valence-corrected chi connectivity index (χ3v) is 5.19. The lowest BCUT2D eigenvalue weighted by Gasteiger charge is -2.24. The molecule has 0 spiro atoms. The summed E-state index contributed by atoms with van der Waals surface area (Å²) in [6.07, 6.45) is 0. The van der Waals surface area contributed by atoms with Crippen LogP contribution in [0.5, 0.6) is 0 Å². The molecule has 1 aliphatic rings. The van der Waals surface area contributed by atoms with Crippen LogP contribution >= 0.6 is 23.5 Å². The molecule has 4 nitrogen and oxygen atoms in total. The maximum absolute atomic E-state index is 5.42. The first-order valence-electron chi connectivity index (χ1n) is 4.57. The molecule has 0 radical (unpaired) electrons. The molecule has 1 aromatic rings. The van der Waals surface area contributed by atoms with Crippen LogP contribution in [0.3, 0.4) is 0 Å². The summed E-state index contributed by atoms with van der Waals surface area (Å²) in [7, 11) is 0. The highest BCUT2D eigenvalue weighted by Gasteiger charge is 2.28. The summed E-state index contributed by atoms with van der Waals surface area (Å²) in [5, 5.41) is 4.87. The van der Waals surface area contributed by atoms with Crippen molar-refractivity contribution in [3.05, 3.63) is 11.7 Å². The summed E-state index contributed by atoms with van der Waals surface area (Å²) < 4.78 is 5.01. The first-order chi connectivity index (χ1) is 6.81. The number of nitrogens with zero attached hydrogens (tertiary/aromatic N) is 2. The van der Waals surface area contributed by atoms with E-state index in [9.17, 15) is 0 Å². The van der Waals surface area contributed by atoms with Crippen molar-refractivity contribution in [2.75, 3.05) is 11.5 Å². The van der Waals surface area contributed by atoms with Crippen LogP contribution in [0.15, 0.2) is 4.52 Å². The van der Waals surface area contributed by atoms with Gasteiger partial charge < -0.3 is 10.3 Å². The molecule has 1 aliphatic heterocycles. The average Bonchev–Trinajstić information content (AvgIpc) is 2.67. The summed E-state index contributed by atoms with van der Waals surface area (Å²) in [5.74, 6) is 3.70. The lowest BCUT2D eigenvalue weighted by molar-refractivity contribution is 0.374. The zero-order chi connectivity index (χ0) is 9.97. The molecular weight excluding hydrogens is 218 g/mol. The van der Waals surface area contributed by atoms with Gasteiger partial charge in [0, 0.05) is 16.8 Å².